The van der Waals surface area contributed by atoms with Gasteiger partial charge in [-0.1, -0.05) is 12.1 Å². The van der Waals surface area contributed by atoms with Gasteiger partial charge in [-0.3, -0.25) is 9.59 Å². The van der Waals surface area contributed by atoms with Crippen molar-refractivity contribution in [3.05, 3.63) is 75.5 Å². The maximum Gasteiger partial charge on any atom is 0.279 e. The minimum absolute atomic E-state index is 0.386. The largest absolute Gasteiger partial charge is 0.493 e. The predicted molar refractivity (Wildman–Crippen MR) is 106 cm³/mol. The first-order valence-corrected chi connectivity index (χ1v) is 9.23. The van der Waals surface area contributed by atoms with Crippen LogP contribution in [-0.2, 0) is 6.54 Å². The number of ether oxygens (including phenoxy) is 2. The first kappa shape index (κ1) is 19.4. The number of hydrogen-bond acceptors (Lipinski definition) is 5. The SMILES string of the molecule is COc1ccc(C(=O)N=c2sccn2Cc2cccc(C(N)=O)c2)cc1OC. The van der Waals surface area contributed by atoms with Gasteiger partial charge in [0.2, 0.25) is 5.91 Å². The van der Waals surface area contributed by atoms with Crippen LogP contribution in [0.4, 0.5) is 0 Å². The van der Waals surface area contributed by atoms with E-state index in [0.29, 0.717) is 34.0 Å². The van der Waals surface area contributed by atoms with Gasteiger partial charge < -0.3 is 19.8 Å². The molecule has 0 unspecified atom stereocenters. The second-order valence-corrected chi connectivity index (χ2v) is 6.74. The van der Waals surface area contributed by atoms with E-state index in [1.807, 2.05) is 22.2 Å². The molecule has 0 bridgehead atoms. The van der Waals surface area contributed by atoms with Gasteiger partial charge in [-0.2, -0.15) is 4.99 Å². The fourth-order valence-electron chi connectivity index (χ4n) is 2.65. The van der Waals surface area contributed by atoms with Crippen LogP contribution >= 0.6 is 11.3 Å². The number of nitrogens with two attached hydrogens (primary N) is 1. The van der Waals surface area contributed by atoms with E-state index in [-0.39, 0.29) is 5.91 Å². The first-order valence-electron chi connectivity index (χ1n) is 8.35. The second kappa shape index (κ2) is 8.53. The van der Waals surface area contributed by atoms with Crippen LogP contribution in [0.2, 0.25) is 0 Å². The second-order valence-electron chi connectivity index (χ2n) is 5.86. The molecule has 0 saturated heterocycles. The highest BCUT2D eigenvalue weighted by atomic mass is 32.1. The van der Waals surface area contributed by atoms with Crippen LogP contribution in [0.5, 0.6) is 11.5 Å². The smallest absolute Gasteiger partial charge is 0.279 e. The highest BCUT2D eigenvalue weighted by Gasteiger charge is 2.11. The van der Waals surface area contributed by atoms with E-state index < -0.39 is 5.91 Å². The monoisotopic (exact) mass is 397 g/mol. The lowest BCUT2D eigenvalue weighted by Gasteiger charge is -2.08. The van der Waals surface area contributed by atoms with Crippen LogP contribution in [0.3, 0.4) is 0 Å². The molecule has 1 heterocycles. The number of aromatic nitrogens is 1. The molecule has 2 aromatic carbocycles. The van der Waals surface area contributed by atoms with Gasteiger partial charge in [-0.25, -0.2) is 0 Å². The lowest BCUT2D eigenvalue weighted by Crippen LogP contribution is -2.18. The summed E-state index contributed by atoms with van der Waals surface area (Å²) in [5.41, 5.74) is 7.05. The fourth-order valence-corrected chi connectivity index (χ4v) is 3.37. The summed E-state index contributed by atoms with van der Waals surface area (Å²) in [4.78, 5) is 28.7. The number of primary amides is 1. The zero-order valence-corrected chi connectivity index (χ0v) is 16.2. The van der Waals surface area contributed by atoms with Crippen molar-refractivity contribution in [1.29, 1.82) is 0 Å². The van der Waals surface area contributed by atoms with E-state index in [4.69, 9.17) is 15.2 Å². The molecule has 1 aromatic heterocycles. The normalized spacial score (nSPS) is 11.3. The summed E-state index contributed by atoms with van der Waals surface area (Å²) in [6.07, 6.45) is 1.84. The standard InChI is InChI=1S/C20H19N3O4S/c1-26-16-7-6-15(11-17(16)27-2)19(25)22-20-23(8-9-28-20)12-13-4-3-5-14(10-13)18(21)24/h3-11H,12H2,1-2H3,(H2,21,24). The van der Waals surface area contributed by atoms with Crippen molar-refractivity contribution in [3.63, 3.8) is 0 Å². The van der Waals surface area contributed by atoms with Gasteiger partial charge in [-0.15, -0.1) is 11.3 Å². The van der Waals surface area contributed by atoms with Crippen molar-refractivity contribution in [2.24, 2.45) is 10.7 Å². The number of hydrogen-bond donors (Lipinski definition) is 1. The zero-order chi connectivity index (χ0) is 20.1. The molecule has 28 heavy (non-hydrogen) atoms. The van der Waals surface area contributed by atoms with Crippen LogP contribution in [0.25, 0.3) is 0 Å². The number of thiazole rings is 1. The highest BCUT2D eigenvalue weighted by molar-refractivity contribution is 7.07. The molecule has 2 N–H and O–H groups in total. The maximum absolute atomic E-state index is 12.6. The van der Waals surface area contributed by atoms with Gasteiger partial charge in [0.1, 0.15) is 0 Å². The van der Waals surface area contributed by atoms with Gasteiger partial charge in [0.25, 0.3) is 5.91 Å². The Balaban J connectivity index is 1.88. The summed E-state index contributed by atoms with van der Waals surface area (Å²) in [5.74, 6) is 0.138. The topological polar surface area (TPSA) is 95.9 Å². The lowest BCUT2D eigenvalue weighted by atomic mass is 10.1. The van der Waals surface area contributed by atoms with E-state index in [1.165, 1.54) is 25.6 Å². The van der Waals surface area contributed by atoms with Crippen molar-refractivity contribution in [1.82, 2.24) is 4.57 Å². The van der Waals surface area contributed by atoms with E-state index in [9.17, 15) is 9.59 Å². The molecule has 0 fully saturated rings. The summed E-state index contributed by atoms with van der Waals surface area (Å²) in [6.45, 7) is 0.461. The molecule has 0 aliphatic rings. The summed E-state index contributed by atoms with van der Waals surface area (Å²) in [7, 11) is 3.04. The average Bonchev–Trinajstić information content (AvgIpc) is 3.13. The Kier molecular flexibility index (Phi) is 5.90. The number of carbonyl (C=O) groups is 2. The summed E-state index contributed by atoms with van der Waals surface area (Å²) in [6, 6.07) is 12.0. The van der Waals surface area contributed by atoms with E-state index >= 15 is 0 Å². The number of methoxy groups -OCH3 is 2. The molecule has 2 amide bonds. The average molecular weight is 397 g/mol. The lowest BCUT2D eigenvalue weighted by molar-refractivity contribution is 0.0990. The van der Waals surface area contributed by atoms with Gasteiger partial charge in [0, 0.05) is 29.2 Å². The Labute approximate surface area is 165 Å². The Morgan fingerprint density at radius 1 is 1.07 bits per heavy atom. The summed E-state index contributed by atoms with van der Waals surface area (Å²) < 4.78 is 12.3. The Bertz CT molecular complexity index is 1080. The molecule has 144 valence electrons. The fraction of sp³-hybridized carbons (Fsp3) is 0.150. The van der Waals surface area contributed by atoms with Crippen LogP contribution in [-0.4, -0.2) is 30.6 Å². The van der Waals surface area contributed by atoms with Gasteiger partial charge in [-0.05, 0) is 35.9 Å². The van der Waals surface area contributed by atoms with Crippen LogP contribution in [0.15, 0.2) is 59.0 Å². The first-order chi connectivity index (χ1) is 13.5. The van der Waals surface area contributed by atoms with E-state index in [2.05, 4.69) is 4.99 Å². The maximum atomic E-state index is 12.6. The molecule has 3 rings (SSSR count). The zero-order valence-electron chi connectivity index (χ0n) is 15.4. The summed E-state index contributed by atoms with van der Waals surface area (Å²) in [5, 5.41) is 1.85. The molecule has 0 aliphatic heterocycles. The van der Waals surface area contributed by atoms with Gasteiger partial charge in [0.05, 0.1) is 14.2 Å². The van der Waals surface area contributed by atoms with Crippen LogP contribution in [0.1, 0.15) is 26.3 Å². The highest BCUT2D eigenvalue weighted by Crippen LogP contribution is 2.27. The van der Waals surface area contributed by atoms with Crippen molar-refractivity contribution in [3.8, 4) is 11.5 Å². The number of carbonyl (C=O) groups excluding carboxylic acids is 2. The number of benzene rings is 2. The Hall–Kier alpha value is -3.39. The van der Waals surface area contributed by atoms with Crippen molar-refractivity contribution >= 4 is 23.2 Å². The van der Waals surface area contributed by atoms with Crippen molar-refractivity contribution in [2.75, 3.05) is 14.2 Å². The molecule has 0 spiro atoms. The van der Waals surface area contributed by atoms with Crippen molar-refractivity contribution < 1.29 is 19.1 Å². The third kappa shape index (κ3) is 4.29. The Morgan fingerprint density at radius 2 is 1.86 bits per heavy atom. The molecular formula is C20H19N3O4S. The number of nitrogens with zero attached hydrogens (tertiary/aromatic N) is 2. The minimum Gasteiger partial charge on any atom is -0.493 e. The molecule has 8 heteroatoms. The van der Waals surface area contributed by atoms with Gasteiger partial charge >= 0.3 is 0 Å². The predicted octanol–water partition coefficient (Wildman–Crippen LogP) is 2.46. The third-order valence-electron chi connectivity index (χ3n) is 4.05. The number of rotatable bonds is 6. The quantitative estimate of drug-likeness (QED) is 0.691. The van der Waals surface area contributed by atoms with E-state index in [1.54, 1.807) is 36.4 Å². The molecular weight excluding hydrogens is 378 g/mol. The molecule has 7 nitrogen and oxygen atoms in total. The van der Waals surface area contributed by atoms with Gasteiger partial charge in [0.15, 0.2) is 16.3 Å². The molecule has 0 atom stereocenters. The number of amides is 2. The minimum atomic E-state index is -0.481. The Morgan fingerprint density at radius 3 is 2.57 bits per heavy atom. The van der Waals surface area contributed by atoms with Crippen LogP contribution < -0.4 is 20.0 Å². The molecule has 0 radical (unpaired) electrons. The molecule has 0 aliphatic carbocycles. The molecule has 0 saturated carbocycles. The summed E-state index contributed by atoms with van der Waals surface area (Å²) >= 11 is 1.35. The van der Waals surface area contributed by atoms with Crippen LogP contribution in [0, 0.1) is 0 Å². The van der Waals surface area contributed by atoms with Crippen molar-refractivity contribution in [2.45, 2.75) is 6.54 Å². The molecule has 3 aromatic rings. The van der Waals surface area contributed by atoms with E-state index in [0.717, 1.165) is 5.56 Å². The third-order valence-corrected chi connectivity index (χ3v) is 4.85.